The maximum absolute atomic E-state index is 11.5. The van der Waals surface area contributed by atoms with Crippen LogP contribution in [0.1, 0.15) is 5.56 Å². The van der Waals surface area contributed by atoms with E-state index in [1.165, 1.54) is 12.1 Å². The molecule has 0 fully saturated rings. The summed E-state index contributed by atoms with van der Waals surface area (Å²) in [5.41, 5.74) is 0.928. The summed E-state index contributed by atoms with van der Waals surface area (Å²) in [6.45, 7) is 1.83. The Morgan fingerprint density at radius 3 is 2.00 bits per heavy atom. The van der Waals surface area contributed by atoms with Gasteiger partial charge in [-0.15, -0.1) is 0 Å². The molecule has 1 aromatic rings. The van der Waals surface area contributed by atoms with Gasteiger partial charge in [0.15, 0.2) is 0 Å². The van der Waals surface area contributed by atoms with Crippen LogP contribution >= 0.6 is 10.7 Å². The lowest BCUT2D eigenvalue weighted by molar-refractivity contribution is 0.598. The molecule has 0 aliphatic rings. The van der Waals surface area contributed by atoms with Crippen LogP contribution in [0.25, 0.3) is 0 Å². The normalized spacial score (nSPS) is 15.7. The highest BCUT2D eigenvalue weighted by atomic mass is 35.7. The zero-order valence-corrected chi connectivity index (χ0v) is 10.6. The average Bonchev–Trinajstić information content (AvgIpc) is 2.00. The van der Waals surface area contributed by atoms with Crippen molar-refractivity contribution in [1.29, 1.82) is 0 Å². The third-order valence-corrected chi connectivity index (χ3v) is 4.78. The average molecular weight is 268 g/mol. The number of hydrogen-bond donors (Lipinski definition) is 0. The molecule has 0 aliphatic heterocycles. The molecular weight excluding hydrogens is 258 g/mol. The molecule has 0 bridgehead atoms. The van der Waals surface area contributed by atoms with Crippen molar-refractivity contribution in [1.82, 2.24) is 0 Å². The van der Waals surface area contributed by atoms with Crippen molar-refractivity contribution in [3.8, 4) is 0 Å². The molecular formula is C8H10ClNO3S2. The van der Waals surface area contributed by atoms with Crippen LogP contribution in [0.3, 0.4) is 0 Å². The van der Waals surface area contributed by atoms with Gasteiger partial charge in [0.25, 0.3) is 10.0 Å². The van der Waals surface area contributed by atoms with Crippen molar-refractivity contribution in [2.45, 2.75) is 11.8 Å². The first kappa shape index (κ1) is 12.5. The van der Waals surface area contributed by atoms with Gasteiger partial charge in [-0.05, 0) is 29.7 Å². The van der Waals surface area contributed by atoms with Crippen molar-refractivity contribution in [2.24, 2.45) is 3.77 Å². The molecule has 0 aliphatic carbocycles. The maximum atomic E-state index is 11.5. The van der Waals surface area contributed by atoms with Gasteiger partial charge in [-0.25, -0.2) is 4.21 Å². The molecule has 7 heteroatoms. The fraction of sp³-hybridized carbons (Fsp3) is 0.250. The first-order valence-electron chi connectivity index (χ1n) is 3.95. The standard InChI is InChI=1S/C8H10ClNO3S2/c1-7-3-5-8(6-4-7)15(12,13)10-14(2,9)11/h3-6H,1-2H3/t14-/m0/s1. The largest absolute Gasteiger partial charge is 0.291 e. The summed E-state index contributed by atoms with van der Waals surface area (Å²) in [6, 6.07) is 6.06. The van der Waals surface area contributed by atoms with E-state index in [0.29, 0.717) is 0 Å². The summed E-state index contributed by atoms with van der Waals surface area (Å²) in [6.07, 6.45) is 1.06. The first-order valence-corrected chi connectivity index (χ1v) is 8.14. The summed E-state index contributed by atoms with van der Waals surface area (Å²) >= 11 is 0. The summed E-state index contributed by atoms with van der Waals surface area (Å²) in [4.78, 5) is -0.0108. The minimum Gasteiger partial charge on any atom is -0.233 e. The van der Waals surface area contributed by atoms with Gasteiger partial charge in [0.05, 0.1) is 4.90 Å². The molecule has 0 N–H and O–H groups in total. The van der Waals surface area contributed by atoms with Crippen LogP contribution in [-0.2, 0) is 19.0 Å². The van der Waals surface area contributed by atoms with Gasteiger partial charge in [0.2, 0.25) is 0 Å². The van der Waals surface area contributed by atoms with Gasteiger partial charge in [0.1, 0.15) is 8.94 Å². The Balaban J connectivity index is 3.31. The van der Waals surface area contributed by atoms with E-state index in [1.807, 2.05) is 6.92 Å². The number of hydrogen-bond acceptors (Lipinski definition) is 3. The van der Waals surface area contributed by atoms with Gasteiger partial charge in [-0.1, -0.05) is 21.5 Å². The van der Waals surface area contributed by atoms with Crippen molar-refractivity contribution >= 4 is 29.6 Å². The number of benzene rings is 1. The topological polar surface area (TPSA) is 63.6 Å². The second-order valence-corrected chi connectivity index (χ2v) is 8.23. The Labute approximate surface area is 94.0 Å². The monoisotopic (exact) mass is 267 g/mol. The fourth-order valence-electron chi connectivity index (χ4n) is 0.929. The molecule has 15 heavy (non-hydrogen) atoms. The van der Waals surface area contributed by atoms with Crippen molar-refractivity contribution in [3.63, 3.8) is 0 Å². The SMILES string of the molecule is Cc1ccc(S(=O)(=O)N=[S@@](C)(=O)Cl)cc1. The Morgan fingerprint density at radius 2 is 1.60 bits per heavy atom. The number of rotatable bonds is 2. The lowest BCUT2D eigenvalue weighted by Crippen LogP contribution is -1.99. The predicted octanol–water partition coefficient (Wildman–Crippen LogP) is 1.94. The van der Waals surface area contributed by atoms with Crippen LogP contribution in [0, 0.1) is 6.92 Å². The van der Waals surface area contributed by atoms with Crippen molar-refractivity contribution in [3.05, 3.63) is 29.8 Å². The summed E-state index contributed by atoms with van der Waals surface area (Å²) in [7, 11) is -1.82. The smallest absolute Gasteiger partial charge is 0.233 e. The lowest BCUT2D eigenvalue weighted by atomic mass is 10.2. The highest BCUT2D eigenvalue weighted by molar-refractivity contribution is 8.18. The van der Waals surface area contributed by atoms with E-state index < -0.39 is 19.0 Å². The third kappa shape index (κ3) is 3.81. The van der Waals surface area contributed by atoms with Gasteiger partial charge < -0.3 is 0 Å². The number of sulfonamides is 1. The Kier molecular flexibility index (Phi) is 3.42. The number of halogens is 1. The molecule has 1 rings (SSSR count). The first-order chi connectivity index (χ1) is 6.71. The van der Waals surface area contributed by atoms with Crippen LogP contribution in [-0.4, -0.2) is 18.9 Å². The van der Waals surface area contributed by atoms with E-state index in [1.54, 1.807) is 12.1 Å². The van der Waals surface area contributed by atoms with E-state index in [-0.39, 0.29) is 4.90 Å². The zero-order valence-electron chi connectivity index (χ0n) is 8.18. The Morgan fingerprint density at radius 1 is 1.13 bits per heavy atom. The van der Waals surface area contributed by atoms with Crippen LogP contribution in [0.15, 0.2) is 32.9 Å². The molecule has 1 aromatic carbocycles. The second kappa shape index (κ2) is 4.11. The van der Waals surface area contributed by atoms with Crippen LogP contribution in [0.5, 0.6) is 0 Å². The Bertz CT molecular complexity index is 560. The van der Waals surface area contributed by atoms with E-state index in [9.17, 15) is 12.6 Å². The van der Waals surface area contributed by atoms with E-state index in [0.717, 1.165) is 11.8 Å². The van der Waals surface area contributed by atoms with E-state index in [2.05, 4.69) is 3.77 Å². The number of aryl methyl sites for hydroxylation is 1. The molecule has 1 atom stereocenters. The van der Waals surface area contributed by atoms with E-state index in [4.69, 9.17) is 10.7 Å². The van der Waals surface area contributed by atoms with Crippen LogP contribution < -0.4 is 0 Å². The van der Waals surface area contributed by atoms with Crippen molar-refractivity contribution in [2.75, 3.05) is 6.26 Å². The zero-order chi connectivity index (χ0) is 11.7. The van der Waals surface area contributed by atoms with Crippen LogP contribution in [0.2, 0.25) is 0 Å². The second-order valence-electron chi connectivity index (χ2n) is 3.07. The van der Waals surface area contributed by atoms with Gasteiger partial charge in [-0.3, -0.25) is 0 Å². The quantitative estimate of drug-likeness (QED) is 0.769. The summed E-state index contributed by atoms with van der Waals surface area (Å²) in [5, 5.41) is 0. The lowest BCUT2D eigenvalue weighted by Gasteiger charge is -1.99. The molecule has 0 heterocycles. The maximum Gasteiger partial charge on any atom is 0.291 e. The molecule has 0 unspecified atom stereocenters. The van der Waals surface area contributed by atoms with E-state index >= 15 is 0 Å². The highest BCUT2D eigenvalue weighted by Crippen LogP contribution is 2.15. The molecule has 84 valence electrons. The fourth-order valence-corrected chi connectivity index (χ4v) is 3.82. The molecule has 0 radical (unpaired) electrons. The molecule has 0 saturated heterocycles. The van der Waals surface area contributed by atoms with Gasteiger partial charge in [0, 0.05) is 6.26 Å². The molecule has 0 aromatic heterocycles. The molecule has 4 nitrogen and oxygen atoms in total. The molecule has 0 amide bonds. The van der Waals surface area contributed by atoms with Crippen molar-refractivity contribution < 1.29 is 12.6 Å². The summed E-state index contributed by atoms with van der Waals surface area (Å²) < 4.78 is 37.2. The van der Waals surface area contributed by atoms with Crippen LogP contribution in [0.4, 0.5) is 0 Å². The Hall–Kier alpha value is -0.590. The minimum absolute atomic E-state index is 0.0108. The van der Waals surface area contributed by atoms with Gasteiger partial charge in [-0.2, -0.15) is 8.42 Å². The predicted molar refractivity (Wildman–Crippen MR) is 60.7 cm³/mol. The molecule has 0 spiro atoms. The number of nitrogens with zero attached hydrogens (tertiary/aromatic N) is 1. The minimum atomic E-state index is -3.92. The highest BCUT2D eigenvalue weighted by Gasteiger charge is 2.14. The van der Waals surface area contributed by atoms with Gasteiger partial charge >= 0.3 is 0 Å². The third-order valence-electron chi connectivity index (χ3n) is 1.55. The summed E-state index contributed by atoms with van der Waals surface area (Å²) in [5.74, 6) is 0. The molecule has 0 saturated carbocycles.